The Morgan fingerprint density at radius 1 is 1.21 bits per heavy atom. The number of amides is 1. The van der Waals surface area contributed by atoms with Crippen molar-refractivity contribution in [2.24, 2.45) is 0 Å². The molecule has 0 aliphatic carbocycles. The Bertz CT molecular complexity index is 1310. The summed E-state index contributed by atoms with van der Waals surface area (Å²) in [6.07, 6.45) is 3.24. The molecule has 3 heterocycles. The van der Waals surface area contributed by atoms with Crippen LogP contribution in [-0.2, 0) is 13.1 Å². The highest BCUT2D eigenvalue weighted by Gasteiger charge is 2.13. The van der Waals surface area contributed by atoms with Gasteiger partial charge in [-0.25, -0.2) is 0 Å². The van der Waals surface area contributed by atoms with E-state index >= 15 is 0 Å². The van der Waals surface area contributed by atoms with E-state index in [4.69, 9.17) is 4.52 Å². The van der Waals surface area contributed by atoms with E-state index in [-0.39, 0.29) is 18.3 Å². The van der Waals surface area contributed by atoms with Crippen molar-refractivity contribution >= 4 is 16.9 Å². The lowest BCUT2D eigenvalue weighted by atomic mass is 10.1. The van der Waals surface area contributed by atoms with E-state index in [1.165, 1.54) is 10.6 Å². The van der Waals surface area contributed by atoms with Gasteiger partial charge in [0.15, 0.2) is 0 Å². The van der Waals surface area contributed by atoms with Gasteiger partial charge in [-0.3, -0.25) is 19.4 Å². The average molecular weight is 392 g/mol. The fourth-order valence-corrected chi connectivity index (χ4v) is 2.94. The number of carbonyl (C=O) groups is 1. The molecule has 4 rings (SSSR count). The summed E-state index contributed by atoms with van der Waals surface area (Å²) in [5.41, 5.74) is 0.671. The number of aromatic amines is 1. The van der Waals surface area contributed by atoms with Crippen LogP contribution in [0.1, 0.15) is 23.2 Å². The molecule has 10 nitrogen and oxygen atoms in total. The monoisotopic (exact) mass is 392 g/mol. The second-order valence-electron chi connectivity index (χ2n) is 6.17. The predicted octanol–water partition coefficient (Wildman–Crippen LogP) is 1.08. The second kappa shape index (κ2) is 7.50. The van der Waals surface area contributed by atoms with Crippen LogP contribution in [0.25, 0.3) is 22.4 Å². The smallest absolute Gasteiger partial charge is 0.316 e. The summed E-state index contributed by atoms with van der Waals surface area (Å²) in [7, 11) is 0. The third-order valence-electron chi connectivity index (χ3n) is 4.36. The molecule has 0 atom stereocenters. The number of aryl methyl sites for hydroxylation is 1. The highest BCUT2D eigenvalue weighted by Crippen LogP contribution is 2.14. The molecule has 0 radical (unpaired) electrons. The summed E-state index contributed by atoms with van der Waals surface area (Å²) in [5.74, 6) is 0.266. The van der Waals surface area contributed by atoms with E-state index in [2.05, 4.69) is 25.4 Å². The SMILES string of the molecule is CCn1c(=O)c(=O)[nH]c2cc(C(=O)NCc3nc(-c4ccncc4)no3)ccc21. The molecule has 29 heavy (non-hydrogen) atoms. The van der Waals surface area contributed by atoms with Crippen LogP contribution in [0.3, 0.4) is 0 Å². The molecule has 4 aromatic rings. The molecule has 2 N–H and O–H groups in total. The van der Waals surface area contributed by atoms with Gasteiger partial charge in [0.25, 0.3) is 5.91 Å². The van der Waals surface area contributed by atoms with Gasteiger partial charge in [-0.15, -0.1) is 0 Å². The minimum absolute atomic E-state index is 0.0416. The number of hydrogen-bond acceptors (Lipinski definition) is 7. The first-order chi connectivity index (χ1) is 14.1. The van der Waals surface area contributed by atoms with Crippen LogP contribution in [0, 0.1) is 0 Å². The number of rotatable bonds is 5. The summed E-state index contributed by atoms with van der Waals surface area (Å²) in [6, 6.07) is 8.23. The van der Waals surface area contributed by atoms with Crippen LogP contribution in [0.2, 0.25) is 0 Å². The highest BCUT2D eigenvalue weighted by molar-refractivity contribution is 5.97. The van der Waals surface area contributed by atoms with Gasteiger partial charge in [0.2, 0.25) is 11.7 Å². The van der Waals surface area contributed by atoms with Crippen molar-refractivity contribution in [3.63, 3.8) is 0 Å². The Labute approximate surface area is 163 Å². The van der Waals surface area contributed by atoms with Crippen molar-refractivity contribution in [1.82, 2.24) is 30.0 Å². The zero-order valence-electron chi connectivity index (χ0n) is 15.4. The minimum Gasteiger partial charge on any atom is -0.343 e. The molecule has 0 unspecified atom stereocenters. The maximum absolute atomic E-state index is 12.5. The topological polar surface area (TPSA) is 136 Å². The zero-order valence-corrected chi connectivity index (χ0v) is 15.4. The Hall–Kier alpha value is -4.08. The first-order valence-electron chi connectivity index (χ1n) is 8.85. The van der Waals surface area contributed by atoms with Crippen LogP contribution < -0.4 is 16.4 Å². The largest absolute Gasteiger partial charge is 0.343 e. The Kier molecular flexibility index (Phi) is 4.73. The number of hydrogen-bond donors (Lipinski definition) is 2. The van der Waals surface area contributed by atoms with Gasteiger partial charge in [0.1, 0.15) is 0 Å². The number of nitrogens with one attached hydrogen (secondary N) is 2. The number of H-pyrrole nitrogens is 1. The maximum Gasteiger partial charge on any atom is 0.316 e. The summed E-state index contributed by atoms with van der Waals surface area (Å²) in [5, 5.41) is 6.57. The highest BCUT2D eigenvalue weighted by atomic mass is 16.5. The summed E-state index contributed by atoms with van der Waals surface area (Å²) in [6.45, 7) is 2.16. The van der Waals surface area contributed by atoms with Gasteiger partial charge in [-0.1, -0.05) is 5.16 Å². The van der Waals surface area contributed by atoms with Crippen LogP contribution in [0.4, 0.5) is 0 Å². The van der Waals surface area contributed by atoms with Crippen molar-refractivity contribution in [2.75, 3.05) is 0 Å². The number of carbonyl (C=O) groups excluding carboxylic acids is 1. The molecule has 0 saturated carbocycles. The molecular formula is C19H16N6O4. The molecule has 146 valence electrons. The quantitative estimate of drug-likeness (QED) is 0.485. The Balaban J connectivity index is 1.52. The van der Waals surface area contributed by atoms with Crippen molar-refractivity contribution in [2.45, 2.75) is 20.0 Å². The lowest BCUT2D eigenvalue weighted by molar-refractivity contribution is 0.0946. The number of benzene rings is 1. The van der Waals surface area contributed by atoms with Gasteiger partial charge in [0, 0.05) is 30.1 Å². The van der Waals surface area contributed by atoms with Gasteiger partial charge < -0.3 is 19.4 Å². The average Bonchev–Trinajstić information content (AvgIpc) is 3.22. The molecule has 0 aliphatic heterocycles. The second-order valence-corrected chi connectivity index (χ2v) is 6.17. The zero-order chi connectivity index (χ0) is 20.4. The van der Waals surface area contributed by atoms with E-state index in [9.17, 15) is 14.4 Å². The molecule has 1 aromatic carbocycles. The summed E-state index contributed by atoms with van der Waals surface area (Å²) < 4.78 is 6.51. The summed E-state index contributed by atoms with van der Waals surface area (Å²) in [4.78, 5) is 46.9. The first kappa shape index (κ1) is 18.3. The normalized spacial score (nSPS) is 10.9. The fourth-order valence-electron chi connectivity index (χ4n) is 2.94. The van der Waals surface area contributed by atoms with Crippen LogP contribution >= 0.6 is 0 Å². The number of fused-ring (bicyclic) bond motifs is 1. The van der Waals surface area contributed by atoms with Gasteiger partial charge in [-0.05, 0) is 37.3 Å². The minimum atomic E-state index is -0.730. The van der Waals surface area contributed by atoms with Crippen molar-refractivity contribution < 1.29 is 9.32 Å². The van der Waals surface area contributed by atoms with Crippen LogP contribution in [0.15, 0.2) is 56.8 Å². The summed E-state index contributed by atoms with van der Waals surface area (Å²) >= 11 is 0. The molecule has 0 spiro atoms. The van der Waals surface area contributed by atoms with Crippen LogP contribution in [0.5, 0.6) is 0 Å². The van der Waals surface area contributed by atoms with E-state index in [1.54, 1.807) is 43.6 Å². The van der Waals surface area contributed by atoms with Gasteiger partial charge in [0.05, 0.1) is 17.6 Å². The third kappa shape index (κ3) is 3.55. The molecule has 10 heteroatoms. The van der Waals surface area contributed by atoms with E-state index in [0.717, 1.165) is 5.56 Å². The molecule has 0 fully saturated rings. The van der Waals surface area contributed by atoms with Crippen molar-refractivity contribution in [1.29, 1.82) is 0 Å². The molecule has 1 amide bonds. The molecule has 0 saturated heterocycles. The third-order valence-corrected chi connectivity index (χ3v) is 4.36. The lowest BCUT2D eigenvalue weighted by Gasteiger charge is -2.08. The van der Waals surface area contributed by atoms with E-state index in [1.807, 2.05) is 0 Å². The number of pyridine rings is 1. The number of aromatic nitrogens is 5. The first-order valence-corrected chi connectivity index (χ1v) is 8.85. The fraction of sp³-hybridized carbons (Fsp3) is 0.158. The molecule has 3 aromatic heterocycles. The standard InChI is InChI=1S/C19H16N6O4/c1-2-25-14-4-3-12(9-13(14)22-18(27)19(25)28)17(26)21-10-15-23-16(24-29-15)11-5-7-20-8-6-11/h3-9H,2,10H2,1H3,(H,21,26)(H,22,27). The number of nitrogens with zero attached hydrogens (tertiary/aromatic N) is 4. The molecule has 0 aliphatic rings. The predicted molar refractivity (Wildman–Crippen MR) is 103 cm³/mol. The van der Waals surface area contributed by atoms with Crippen molar-refractivity contribution in [3.05, 3.63) is 74.9 Å². The van der Waals surface area contributed by atoms with E-state index < -0.39 is 11.1 Å². The molecule has 0 bridgehead atoms. The Morgan fingerprint density at radius 3 is 2.76 bits per heavy atom. The van der Waals surface area contributed by atoms with Crippen molar-refractivity contribution in [3.8, 4) is 11.4 Å². The molecular weight excluding hydrogens is 376 g/mol. The van der Waals surface area contributed by atoms with Gasteiger partial charge >= 0.3 is 11.1 Å². The lowest BCUT2D eigenvalue weighted by Crippen LogP contribution is -2.36. The van der Waals surface area contributed by atoms with E-state index in [0.29, 0.717) is 29.0 Å². The van der Waals surface area contributed by atoms with Crippen LogP contribution in [-0.4, -0.2) is 30.6 Å². The van der Waals surface area contributed by atoms with Gasteiger partial charge in [-0.2, -0.15) is 4.98 Å². The maximum atomic E-state index is 12.5. The Morgan fingerprint density at radius 2 is 2.00 bits per heavy atom.